The first-order chi connectivity index (χ1) is 11.4. The molecule has 0 bridgehead atoms. The Hall–Kier alpha value is -2.66. The van der Waals surface area contributed by atoms with Gasteiger partial charge in [-0.25, -0.2) is 4.39 Å². The Morgan fingerprint density at radius 3 is 2.25 bits per heavy atom. The number of aliphatic hydroxyl groups excluding tert-OH is 1. The van der Waals surface area contributed by atoms with E-state index < -0.39 is 23.5 Å². The van der Waals surface area contributed by atoms with Crippen molar-refractivity contribution in [2.75, 3.05) is 7.05 Å². The molecule has 1 aliphatic heterocycles. The van der Waals surface area contributed by atoms with E-state index in [-0.39, 0.29) is 11.3 Å². The molecule has 2 aromatic rings. The topological polar surface area (TPSA) is 57.6 Å². The zero-order valence-corrected chi connectivity index (χ0v) is 13.4. The maximum Gasteiger partial charge on any atom is 0.295 e. The monoisotopic (exact) mass is 345 g/mol. The maximum atomic E-state index is 13.2. The van der Waals surface area contributed by atoms with E-state index in [0.717, 1.165) is 0 Å². The highest BCUT2D eigenvalue weighted by Crippen LogP contribution is 2.38. The number of ketones is 1. The molecule has 1 atom stereocenters. The minimum absolute atomic E-state index is 0.0311. The van der Waals surface area contributed by atoms with Crippen LogP contribution in [0, 0.1) is 5.82 Å². The van der Waals surface area contributed by atoms with Gasteiger partial charge in [-0.2, -0.15) is 0 Å². The predicted octanol–water partition coefficient (Wildman–Crippen LogP) is 3.53. The van der Waals surface area contributed by atoms with Crippen molar-refractivity contribution in [3.63, 3.8) is 0 Å². The van der Waals surface area contributed by atoms with E-state index in [0.29, 0.717) is 16.1 Å². The number of likely N-dealkylation sites (tertiary alicyclic amines) is 1. The number of likely N-dealkylation sites (N-methyl/N-ethyl adjacent to an activating group) is 1. The van der Waals surface area contributed by atoms with E-state index in [1.165, 1.54) is 36.2 Å². The third-order valence-corrected chi connectivity index (χ3v) is 4.23. The lowest BCUT2D eigenvalue weighted by molar-refractivity contribution is -0.139. The number of hydrogen-bond acceptors (Lipinski definition) is 3. The van der Waals surface area contributed by atoms with Gasteiger partial charge in [0.25, 0.3) is 11.7 Å². The van der Waals surface area contributed by atoms with Crippen LogP contribution < -0.4 is 0 Å². The summed E-state index contributed by atoms with van der Waals surface area (Å²) in [6.07, 6.45) is 0. The molecule has 1 unspecified atom stereocenters. The van der Waals surface area contributed by atoms with Crippen LogP contribution in [-0.2, 0) is 9.59 Å². The summed E-state index contributed by atoms with van der Waals surface area (Å²) in [6, 6.07) is 10.9. The third-order valence-electron chi connectivity index (χ3n) is 3.98. The average molecular weight is 346 g/mol. The molecule has 0 aromatic heterocycles. The van der Waals surface area contributed by atoms with Gasteiger partial charge in [0.15, 0.2) is 0 Å². The SMILES string of the molecule is CN1C(=O)C(=O)/C(=C(\O)c2ccc(Cl)cc2)C1c1ccc(F)cc1. The van der Waals surface area contributed by atoms with Gasteiger partial charge in [0.05, 0.1) is 11.6 Å². The highest BCUT2D eigenvalue weighted by Gasteiger charge is 2.44. The molecule has 2 aromatic carbocycles. The molecular formula is C18H13ClFNO3. The second kappa shape index (κ2) is 6.09. The number of carbonyl (C=O) groups excluding carboxylic acids is 2. The number of carbonyl (C=O) groups is 2. The molecule has 1 N–H and O–H groups in total. The van der Waals surface area contributed by atoms with Crippen LogP contribution in [0.1, 0.15) is 17.2 Å². The number of amides is 1. The second-order valence-electron chi connectivity index (χ2n) is 5.47. The van der Waals surface area contributed by atoms with E-state index in [4.69, 9.17) is 11.6 Å². The van der Waals surface area contributed by atoms with Gasteiger partial charge in [-0.3, -0.25) is 9.59 Å². The Morgan fingerprint density at radius 2 is 1.67 bits per heavy atom. The Balaban J connectivity index is 2.16. The minimum Gasteiger partial charge on any atom is -0.507 e. The van der Waals surface area contributed by atoms with Crippen molar-refractivity contribution in [3.8, 4) is 0 Å². The van der Waals surface area contributed by atoms with Gasteiger partial charge in [-0.05, 0) is 42.0 Å². The molecule has 0 spiro atoms. The van der Waals surface area contributed by atoms with Gasteiger partial charge in [-0.15, -0.1) is 0 Å². The predicted molar refractivity (Wildman–Crippen MR) is 87.9 cm³/mol. The van der Waals surface area contributed by atoms with Crippen molar-refractivity contribution >= 4 is 29.1 Å². The Morgan fingerprint density at radius 1 is 1.08 bits per heavy atom. The molecule has 1 amide bonds. The number of hydrogen-bond donors (Lipinski definition) is 1. The smallest absolute Gasteiger partial charge is 0.295 e. The summed E-state index contributed by atoms with van der Waals surface area (Å²) in [7, 11) is 1.47. The fourth-order valence-corrected chi connectivity index (χ4v) is 2.87. The molecule has 1 saturated heterocycles. The molecule has 1 aliphatic rings. The molecule has 24 heavy (non-hydrogen) atoms. The van der Waals surface area contributed by atoms with Crippen LogP contribution in [-0.4, -0.2) is 28.7 Å². The van der Waals surface area contributed by atoms with Crippen molar-refractivity contribution < 1.29 is 19.1 Å². The summed E-state index contributed by atoms with van der Waals surface area (Å²) in [5.74, 6) is -2.22. The van der Waals surface area contributed by atoms with Gasteiger partial charge in [-0.1, -0.05) is 23.7 Å². The van der Waals surface area contributed by atoms with Crippen molar-refractivity contribution in [2.45, 2.75) is 6.04 Å². The number of benzene rings is 2. The van der Waals surface area contributed by atoms with Crippen LogP contribution in [0.4, 0.5) is 4.39 Å². The van der Waals surface area contributed by atoms with E-state index in [1.807, 2.05) is 0 Å². The molecule has 6 heteroatoms. The molecule has 0 radical (unpaired) electrons. The third kappa shape index (κ3) is 2.67. The van der Waals surface area contributed by atoms with Gasteiger partial charge >= 0.3 is 0 Å². The van der Waals surface area contributed by atoms with Crippen molar-refractivity contribution in [1.82, 2.24) is 4.90 Å². The van der Waals surface area contributed by atoms with Gasteiger partial charge in [0.2, 0.25) is 0 Å². The van der Waals surface area contributed by atoms with Crippen LogP contribution >= 0.6 is 11.6 Å². The summed E-state index contributed by atoms with van der Waals surface area (Å²) < 4.78 is 13.2. The molecule has 1 fully saturated rings. The summed E-state index contributed by atoms with van der Waals surface area (Å²) in [5.41, 5.74) is 0.878. The molecular weight excluding hydrogens is 333 g/mol. The zero-order valence-electron chi connectivity index (χ0n) is 12.7. The van der Waals surface area contributed by atoms with Gasteiger partial charge in [0, 0.05) is 17.6 Å². The van der Waals surface area contributed by atoms with E-state index in [1.54, 1.807) is 24.3 Å². The number of Topliss-reactive ketones (excluding diaryl/α,β-unsaturated/α-hetero) is 1. The molecule has 0 saturated carbocycles. The Bertz CT molecular complexity index is 844. The van der Waals surface area contributed by atoms with Crippen LogP contribution in [0.25, 0.3) is 5.76 Å². The maximum absolute atomic E-state index is 13.2. The number of nitrogens with zero attached hydrogens (tertiary/aromatic N) is 1. The van der Waals surface area contributed by atoms with Crippen LogP contribution in [0.2, 0.25) is 5.02 Å². The van der Waals surface area contributed by atoms with Crippen LogP contribution in [0.3, 0.4) is 0 Å². The van der Waals surface area contributed by atoms with Crippen molar-refractivity contribution in [1.29, 1.82) is 0 Å². The summed E-state index contributed by atoms with van der Waals surface area (Å²) in [6.45, 7) is 0. The largest absolute Gasteiger partial charge is 0.507 e. The normalized spacial score (nSPS) is 19.8. The Kier molecular flexibility index (Phi) is 4.11. The van der Waals surface area contributed by atoms with Gasteiger partial charge in [0.1, 0.15) is 11.6 Å². The summed E-state index contributed by atoms with van der Waals surface area (Å²) in [4.78, 5) is 25.7. The van der Waals surface area contributed by atoms with E-state index in [2.05, 4.69) is 0 Å². The number of rotatable bonds is 2. The van der Waals surface area contributed by atoms with E-state index in [9.17, 15) is 19.1 Å². The Labute approximate surface area is 142 Å². The lowest BCUT2D eigenvalue weighted by Gasteiger charge is -2.21. The molecule has 0 aliphatic carbocycles. The summed E-state index contributed by atoms with van der Waals surface area (Å²) in [5, 5.41) is 11.1. The summed E-state index contributed by atoms with van der Waals surface area (Å²) >= 11 is 5.83. The number of halogens is 2. The van der Waals surface area contributed by atoms with Crippen LogP contribution in [0.5, 0.6) is 0 Å². The fraction of sp³-hybridized carbons (Fsp3) is 0.111. The first-order valence-corrected chi connectivity index (χ1v) is 7.54. The standard InChI is InChI=1S/C18H13ClFNO3/c1-21-15(10-4-8-13(20)9-5-10)14(17(23)18(21)24)16(22)11-2-6-12(19)7-3-11/h2-9,15,22H,1H3/b16-14-. The fourth-order valence-electron chi connectivity index (χ4n) is 2.75. The van der Waals surface area contributed by atoms with Crippen molar-refractivity contribution in [3.05, 3.63) is 76.1 Å². The molecule has 4 nitrogen and oxygen atoms in total. The lowest BCUT2D eigenvalue weighted by Crippen LogP contribution is -2.24. The molecule has 1 heterocycles. The highest BCUT2D eigenvalue weighted by atomic mass is 35.5. The quantitative estimate of drug-likeness (QED) is 0.514. The zero-order chi connectivity index (χ0) is 17.4. The second-order valence-corrected chi connectivity index (χ2v) is 5.90. The first kappa shape index (κ1) is 16.2. The lowest BCUT2D eigenvalue weighted by atomic mass is 9.95. The average Bonchev–Trinajstić information content (AvgIpc) is 2.80. The minimum atomic E-state index is -0.778. The van der Waals surface area contributed by atoms with Crippen LogP contribution in [0.15, 0.2) is 54.1 Å². The van der Waals surface area contributed by atoms with Gasteiger partial charge < -0.3 is 10.0 Å². The molecule has 3 rings (SSSR count). The van der Waals surface area contributed by atoms with Crippen molar-refractivity contribution in [2.24, 2.45) is 0 Å². The number of aliphatic hydroxyl groups is 1. The highest BCUT2D eigenvalue weighted by molar-refractivity contribution is 6.46. The molecule has 122 valence electrons. The first-order valence-electron chi connectivity index (χ1n) is 7.16. The van der Waals surface area contributed by atoms with E-state index >= 15 is 0 Å².